The summed E-state index contributed by atoms with van der Waals surface area (Å²) < 4.78 is 16.0. The van der Waals surface area contributed by atoms with Crippen LogP contribution in [0.25, 0.3) is 0 Å². The second-order valence-electron chi connectivity index (χ2n) is 3.46. The monoisotopic (exact) mass is 240 g/mol. The second-order valence-corrected chi connectivity index (χ2v) is 3.46. The fourth-order valence-corrected chi connectivity index (χ4v) is 1.47. The van der Waals surface area contributed by atoms with Gasteiger partial charge in [0.05, 0.1) is 19.3 Å². The molecule has 2 N–H and O–H groups in total. The number of ether oxygens (including phenoxy) is 3. The number of aromatic nitrogens is 1. The number of pyridine rings is 1. The lowest BCUT2D eigenvalue weighted by molar-refractivity contribution is -0.149. The Morgan fingerprint density at radius 2 is 1.88 bits per heavy atom. The van der Waals surface area contributed by atoms with Gasteiger partial charge in [0.2, 0.25) is 0 Å². The molecule has 0 bridgehead atoms. The average molecular weight is 240 g/mol. The molecule has 1 rings (SSSR count). The topological polar surface area (TPSA) is 66.6 Å². The highest BCUT2D eigenvalue weighted by atomic mass is 16.7. The first-order valence-electron chi connectivity index (χ1n) is 5.70. The molecule has 1 aromatic heterocycles. The number of hydrogen-bond acceptors (Lipinski definition) is 5. The number of nitrogens with two attached hydrogens (primary N) is 1. The van der Waals surface area contributed by atoms with Crippen LogP contribution >= 0.6 is 0 Å². The number of rotatable bonds is 7. The lowest BCUT2D eigenvalue weighted by Crippen LogP contribution is -2.31. The second kappa shape index (κ2) is 7.21. The van der Waals surface area contributed by atoms with E-state index in [1.54, 1.807) is 19.5 Å². The molecule has 0 aromatic carbocycles. The predicted molar refractivity (Wildman–Crippen MR) is 64.8 cm³/mol. The highest BCUT2D eigenvalue weighted by molar-refractivity contribution is 5.26. The molecule has 1 heterocycles. The standard InChI is InChI=1S/C12H20N2O3/c1-4-16-12(17-5-2)11(13)9-6-10(15-3)8-14-7-9/h6-8,11-12H,4-5,13H2,1-3H3. The van der Waals surface area contributed by atoms with Crippen LogP contribution in [0.4, 0.5) is 0 Å². The van der Waals surface area contributed by atoms with Crippen LogP contribution in [0.5, 0.6) is 5.75 Å². The van der Waals surface area contributed by atoms with Gasteiger partial charge in [-0.15, -0.1) is 0 Å². The molecule has 1 atom stereocenters. The first-order chi connectivity index (χ1) is 8.22. The molecule has 5 heteroatoms. The molecular weight excluding hydrogens is 220 g/mol. The fourth-order valence-electron chi connectivity index (χ4n) is 1.47. The molecule has 96 valence electrons. The van der Waals surface area contributed by atoms with E-state index in [0.29, 0.717) is 19.0 Å². The molecule has 0 amide bonds. The van der Waals surface area contributed by atoms with Gasteiger partial charge >= 0.3 is 0 Å². The van der Waals surface area contributed by atoms with Crippen molar-refractivity contribution in [1.82, 2.24) is 4.98 Å². The minimum Gasteiger partial charge on any atom is -0.495 e. The Hall–Kier alpha value is -1.17. The Bertz CT molecular complexity index is 327. The van der Waals surface area contributed by atoms with E-state index in [-0.39, 0.29) is 6.04 Å². The van der Waals surface area contributed by atoms with Crippen molar-refractivity contribution in [3.05, 3.63) is 24.0 Å². The first kappa shape index (κ1) is 13.9. The Labute approximate surface area is 102 Å². The fraction of sp³-hybridized carbons (Fsp3) is 0.583. The number of nitrogens with zero attached hydrogens (tertiary/aromatic N) is 1. The lowest BCUT2D eigenvalue weighted by Gasteiger charge is -2.23. The average Bonchev–Trinajstić information content (AvgIpc) is 2.38. The molecule has 0 aliphatic rings. The van der Waals surface area contributed by atoms with Crippen molar-refractivity contribution < 1.29 is 14.2 Å². The Morgan fingerprint density at radius 1 is 1.24 bits per heavy atom. The van der Waals surface area contributed by atoms with E-state index in [1.165, 1.54) is 0 Å². The summed E-state index contributed by atoms with van der Waals surface area (Å²) in [6.45, 7) is 4.91. The molecule has 0 fully saturated rings. The van der Waals surface area contributed by atoms with Gasteiger partial charge in [-0.3, -0.25) is 4.98 Å². The van der Waals surface area contributed by atoms with E-state index in [1.807, 2.05) is 19.9 Å². The normalized spacial score (nSPS) is 12.8. The molecule has 0 aliphatic heterocycles. The van der Waals surface area contributed by atoms with Crippen molar-refractivity contribution in [2.75, 3.05) is 20.3 Å². The summed E-state index contributed by atoms with van der Waals surface area (Å²) >= 11 is 0. The number of methoxy groups -OCH3 is 1. The van der Waals surface area contributed by atoms with Gasteiger partial charge in [-0.2, -0.15) is 0 Å². The maximum atomic E-state index is 6.09. The maximum Gasteiger partial charge on any atom is 0.176 e. The van der Waals surface area contributed by atoms with Gasteiger partial charge in [0.25, 0.3) is 0 Å². The van der Waals surface area contributed by atoms with Crippen LogP contribution in [-0.4, -0.2) is 31.6 Å². The minimum atomic E-state index is -0.459. The van der Waals surface area contributed by atoms with Crippen LogP contribution in [0.2, 0.25) is 0 Å². The Kier molecular flexibility index (Phi) is 5.90. The summed E-state index contributed by atoms with van der Waals surface area (Å²) in [6, 6.07) is 1.46. The highest BCUT2D eigenvalue weighted by Gasteiger charge is 2.20. The zero-order valence-corrected chi connectivity index (χ0v) is 10.6. The maximum absolute atomic E-state index is 6.09. The summed E-state index contributed by atoms with van der Waals surface area (Å²) in [7, 11) is 1.59. The highest BCUT2D eigenvalue weighted by Crippen LogP contribution is 2.20. The summed E-state index contributed by atoms with van der Waals surface area (Å²) in [4.78, 5) is 4.06. The van der Waals surface area contributed by atoms with E-state index < -0.39 is 6.29 Å². The molecule has 0 aliphatic carbocycles. The van der Waals surface area contributed by atoms with Crippen LogP contribution in [0.3, 0.4) is 0 Å². The summed E-state index contributed by atoms with van der Waals surface area (Å²) in [5.41, 5.74) is 6.92. The molecule has 0 spiro atoms. The minimum absolute atomic E-state index is 0.377. The van der Waals surface area contributed by atoms with E-state index in [2.05, 4.69) is 4.98 Å². The summed E-state index contributed by atoms with van der Waals surface area (Å²) in [5, 5.41) is 0. The predicted octanol–water partition coefficient (Wildman–Crippen LogP) is 1.49. The summed E-state index contributed by atoms with van der Waals surface area (Å²) in [5.74, 6) is 0.671. The molecule has 5 nitrogen and oxygen atoms in total. The van der Waals surface area contributed by atoms with Gasteiger partial charge in [-0.25, -0.2) is 0 Å². The van der Waals surface area contributed by atoms with E-state index >= 15 is 0 Å². The SMILES string of the molecule is CCOC(OCC)C(N)c1cncc(OC)c1. The van der Waals surface area contributed by atoms with Crippen LogP contribution < -0.4 is 10.5 Å². The quantitative estimate of drug-likeness (QED) is 0.731. The van der Waals surface area contributed by atoms with Crippen molar-refractivity contribution in [2.24, 2.45) is 5.73 Å². The van der Waals surface area contributed by atoms with Gasteiger partial charge in [-0.1, -0.05) is 0 Å². The first-order valence-corrected chi connectivity index (χ1v) is 5.70. The van der Waals surface area contributed by atoms with Crippen molar-refractivity contribution in [3.63, 3.8) is 0 Å². The van der Waals surface area contributed by atoms with Gasteiger partial charge in [0.1, 0.15) is 5.75 Å². The molecule has 0 saturated carbocycles. The molecule has 17 heavy (non-hydrogen) atoms. The number of hydrogen-bond donors (Lipinski definition) is 1. The van der Waals surface area contributed by atoms with Gasteiger partial charge in [0.15, 0.2) is 6.29 Å². The van der Waals surface area contributed by atoms with Crippen LogP contribution in [0.1, 0.15) is 25.5 Å². The lowest BCUT2D eigenvalue weighted by atomic mass is 10.1. The third-order valence-corrected chi connectivity index (χ3v) is 2.31. The molecule has 0 saturated heterocycles. The van der Waals surface area contributed by atoms with E-state index in [4.69, 9.17) is 19.9 Å². The summed E-state index contributed by atoms with van der Waals surface area (Å²) in [6.07, 6.45) is 2.86. The third-order valence-electron chi connectivity index (χ3n) is 2.31. The van der Waals surface area contributed by atoms with Crippen LogP contribution in [0.15, 0.2) is 18.5 Å². The van der Waals surface area contributed by atoms with Crippen molar-refractivity contribution in [2.45, 2.75) is 26.2 Å². The van der Waals surface area contributed by atoms with Crippen molar-refractivity contribution in [3.8, 4) is 5.75 Å². The Morgan fingerprint density at radius 3 is 2.41 bits per heavy atom. The molecule has 0 radical (unpaired) electrons. The van der Waals surface area contributed by atoms with Gasteiger partial charge in [0, 0.05) is 19.4 Å². The molecular formula is C12H20N2O3. The van der Waals surface area contributed by atoms with E-state index in [0.717, 1.165) is 5.56 Å². The largest absolute Gasteiger partial charge is 0.495 e. The van der Waals surface area contributed by atoms with Crippen molar-refractivity contribution >= 4 is 0 Å². The van der Waals surface area contributed by atoms with Gasteiger partial charge < -0.3 is 19.9 Å². The zero-order valence-electron chi connectivity index (χ0n) is 10.6. The van der Waals surface area contributed by atoms with Crippen LogP contribution in [-0.2, 0) is 9.47 Å². The zero-order chi connectivity index (χ0) is 12.7. The van der Waals surface area contributed by atoms with E-state index in [9.17, 15) is 0 Å². The van der Waals surface area contributed by atoms with Crippen molar-refractivity contribution in [1.29, 1.82) is 0 Å². The smallest absolute Gasteiger partial charge is 0.176 e. The van der Waals surface area contributed by atoms with Gasteiger partial charge in [-0.05, 0) is 25.5 Å². The third kappa shape index (κ3) is 3.96. The molecule has 1 unspecified atom stereocenters. The van der Waals surface area contributed by atoms with Crippen LogP contribution in [0, 0.1) is 0 Å². The Balaban J connectivity index is 2.79. The molecule has 1 aromatic rings.